The molecule has 0 amide bonds. The van der Waals surface area contributed by atoms with Gasteiger partial charge in [-0.2, -0.15) is 0 Å². The normalized spacial score (nSPS) is 11.5. The molecule has 1 nitrogen and oxygen atoms in total. The fourth-order valence-corrected chi connectivity index (χ4v) is 2.47. The zero-order chi connectivity index (χ0) is 13.3. The van der Waals surface area contributed by atoms with E-state index in [2.05, 4.69) is 32.3 Å². The van der Waals surface area contributed by atoms with Crippen molar-refractivity contribution < 1.29 is 0 Å². The van der Waals surface area contributed by atoms with Crippen molar-refractivity contribution in [2.75, 3.05) is 6.26 Å². The predicted molar refractivity (Wildman–Crippen MR) is 83.1 cm³/mol. The molecule has 0 heterocycles. The van der Waals surface area contributed by atoms with Gasteiger partial charge in [0.25, 0.3) is 0 Å². The molecule has 0 N–H and O–H groups in total. The number of aliphatic imine (C=N–C) groups is 1. The van der Waals surface area contributed by atoms with Crippen LogP contribution in [-0.2, 0) is 0 Å². The highest BCUT2D eigenvalue weighted by molar-refractivity contribution is 8.02. The first-order chi connectivity index (χ1) is 8.10. The van der Waals surface area contributed by atoms with E-state index in [1.807, 2.05) is 6.26 Å². The summed E-state index contributed by atoms with van der Waals surface area (Å²) in [5, 5.41) is 1.62. The quantitative estimate of drug-likeness (QED) is 0.512. The molecule has 0 spiro atoms. The minimum atomic E-state index is 0.571. The SMILES string of the molecule is C=C(CCCC)C(Cl)=NC(SC)=C(CC)CC. The van der Waals surface area contributed by atoms with Gasteiger partial charge in [0.2, 0.25) is 0 Å². The molecule has 0 fully saturated rings. The maximum atomic E-state index is 6.20. The van der Waals surface area contributed by atoms with E-state index in [-0.39, 0.29) is 0 Å². The van der Waals surface area contributed by atoms with Gasteiger partial charge in [-0.3, -0.25) is 0 Å². The van der Waals surface area contributed by atoms with E-state index in [1.54, 1.807) is 11.8 Å². The number of unbranched alkanes of at least 4 members (excludes halogenated alkanes) is 1. The van der Waals surface area contributed by atoms with Crippen molar-refractivity contribution in [2.24, 2.45) is 4.99 Å². The number of hydrogen-bond acceptors (Lipinski definition) is 2. The number of halogens is 1. The van der Waals surface area contributed by atoms with Crippen molar-refractivity contribution >= 4 is 28.5 Å². The summed E-state index contributed by atoms with van der Waals surface area (Å²) in [6.45, 7) is 10.5. The molecule has 17 heavy (non-hydrogen) atoms. The molecular formula is C14H24ClNS. The largest absolute Gasteiger partial charge is 0.230 e. The Labute approximate surface area is 115 Å². The summed E-state index contributed by atoms with van der Waals surface area (Å²) in [6.07, 6.45) is 7.32. The molecule has 0 saturated carbocycles. The average molecular weight is 274 g/mol. The molecule has 0 radical (unpaired) electrons. The molecule has 0 rings (SSSR count). The minimum absolute atomic E-state index is 0.571. The Hall–Kier alpha value is -0.210. The van der Waals surface area contributed by atoms with Gasteiger partial charge in [-0.1, -0.05) is 45.4 Å². The Balaban J connectivity index is 4.84. The van der Waals surface area contributed by atoms with Crippen LogP contribution in [0, 0.1) is 0 Å². The first kappa shape index (κ1) is 16.8. The standard InChI is InChI=1S/C14H24ClNS/c1-6-9-10-11(4)13(15)16-14(17-5)12(7-2)8-3/h4,6-10H2,1-3,5H3. The van der Waals surface area contributed by atoms with Crippen LogP contribution < -0.4 is 0 Å². The lowest BCUT2D eigenvalue weighted by Crippen LogP contribution is -1.95. The Kier molecular flexibility index (Phi) is 9.66. The number of hydrogen-bond donors (Lipinski definition) is 0. The first-order valence-corrected chi connectivity index (χ1v) is 7.89. The van der Waals surface area contributed by atoms with Gasteiger partial charge in [-0.15, -0.1) is 11.8 Å². The third-order valence-corrected chi connectivity index (χ3v) is 3.79. The zero-order valence-corrected chi connectivity index (χ0v) is 13.0. The summed E-state index contributed by atoms with van der Waals surface area (Å²) in [7, 11) is 0. The van der Waals surface area contributed by atoms with Crippen LogP contribution in [0.25, 0.3) is 0 Å². The summed E-state index contributed by atoms with van der Waals surface area (Å²) >= 11 is 7.86. The number of rotatable bonds is 8. The van der Waals surface area contributed by atoms with Gasteiger partial charge < -0.3 is 0 Å². The second-order valence-electron chi connectivity index (χ2n) is 3.93. The third kappa shape index (κ3) is 6.32. The van der Waals surface area contributed by atoms with Gasteiger partial charge in [0.1, 0.15) is 5.17 Å². The third-order valence-electron chi connectivity index (χ3n) is 2.67. The van der Waals surface area contributed by atoms with E-state index in [9.17, 15) is 0 Å². The van der Waals surface area contributed by atoms with Crippen LogP contribution in [0.1, 0.15) is 52.9 Å². The molecule has 0 saturated heterocycles. The fourth-order valence-electron chi connectivity index (χ4n) is 1.48. The van der Waals surface area contributed by atoms with Gasteiger partial charge >= 0.3 is 0 Å². The predicted octanol–water partition coefficient (Wildman–Crippen LogP) is 5.76. The van der Waals surface area contributed by atoms with Gasteiger partial charge in [0, 0.05) is 0 Å². The zero-order valence-electron chi connectivity index (χ0n) is 11.5. The number of nitrogens with zero attached hydrogens (tertiary/aromatic N) is 1. The lowest BCUT2D eigenvalue weighted by Gasteiger charge is -2.08. The molecule has 0 bridgehead atoms. The number of allylic oxidation sites excluding steroid dienone is 2. The highest BCUT2D eigenvalue weighted by atomic mass is 35.5. The molecule has 0 aliphatic rings. The highest BCUT2D eigenvalue weighted by Gasteiger charge is 2.05. The van der Waals surface area contributed by atoms with Crippen molar-refractivity contribution in [3.8, 4) is 0 Å². The molecular weight excluding hydrogens is 250 g/mol. The van der Waals surface area contributed by atoms with Crippen molar-refractivity contribution in [2.45, 2.75) is 52.9 Å². The summed E-state index contributed by atoms with van der Waals surface area (Å²) < 4.78 is 0. The Morgan fingerprint density at radius 2 is 1.82 bits per heavy atom. The minimum Gasteiger partial charge on any atom is -0.230 e. The van der Waals surface area contributed by atoms with E-state index >= 15 is 0 Å². The van der Waals surface area contributed by atoms with Crippen molar-refractivity contribution in [3.05, 3.63) is 22.8 Å². The van der Waals surface area contributed by atoms with Crippen LogP contribution in [0.5, 0.6) is 0 Å². The molecule has 0 aromatic carbocycles. The molecule has 3 heteroatoms. The molecule has 98 valence electrons. The maximum Gasteiger partial charge on any atom is 0.132 e. The van der Waals surface area contributed by atoms with Crippen molar-refractivity contribution in [1.82, 2.24) is 0 Å². The molecule has 0 unspecified atom stereocenters. The first-order valence-electron chi connectivity index (χ1n) is 6.28. The van der Waals surface area contributed by atoms with Crippen molar-refractivity contribution in [3.63, 3.8) is 0 Å². The van der Waals surface area contributed by atoms with E-state index in [0.717, 1.165) is 42.7 Å². The van der Waals surface area contributed by atoms with Gasteiger partial charge in [-0.25, -0.2) is 4.99 Å². The fraction of sp³-hybridized carbons (Fsp3) is 0.643. The topological polar surface area (TPSA) is 12.4 Å². The summed E-state index contributed by atoms with van der Waals surface area (Å²) in [6, 6.07) is 0. The Bertz CT molecular complexity index is 299. The van der Waals surface area contributed by atoms with Gasteiger partial charge in [0.15, 0.2) is 0 Å². The van der Waals surface area contributed by atoms with Crippen LogP contribution >= 0.6 is 23.4 Å². The molecule has 0 aromatic heterocycles. The monoisotopic (exact) mass is 273 g/mol. The van der Waals surface area contributed by atoms with Crippen LogP contribution in [-0.4, -0.2) is 11.4 Å². The van der Waals surface area contributed by atoms with E-state index in [1.165, 1.54) is 5.57 Å². The Morgan fingerprint density at radius 1 is 1.24 bits per heavy atom. The molecule has 0 aliphatic heterocycles. The van der Waals surface area contributed by atoms with E-state index in [0.29, 0.717) is 5.17 Å². The smallest absolute Gasteiger partial charge is 0.132 e. The summed E-state index contributed by atoms with van der Waals surface area (Å²) in [4.78, 5) is 4.51. The lowest BCUT2D eigenvalue weighted by atomic mass is 10.1. The average Bonchev–Trinajstić information content (AvgIpc) is 2.35. The summed E-state index contributed by atoms with van der Waals surface area (Å²) in [5.74, 6) is 0. The Morgan fingerprint density at radius 3 is 2.24 bits per heavy atom. The van der Waals surface area contributed by atoms with E-state index in [4.69, 9.17) is 11.6 Å². The lowest BCUT2D eigenvalue weighted by molar-refractivity contribution is 0.805. The van der Waals surface area contributed by atoms with Crippen molar-refractivity contribution in [1.29, 1.82) is 0 Å². The maximum absolute atomic E-state index is 6.20. The van der Waals surface area contributed by atoms with Crippen LogP contribution in [0.2, 0.25) is 0 Å². The van der Waals surface area contributed by atoms with Gasteiger partial charge in [-0.05, 0) is 43.1 Å². The summed E-state index contributed by atoms with van der Waals surface area (Å²) in [5.41, 5.74) is 2.31. The van der Waals surface area contributed by atoms with Crippen LogP contribution in [0.4, 0.5) is 0 Å². The van der Waals surface area contributed by atoms with E-state index < -0.39 is 0 Å². The van der Waals surface area contributed by atoms with Gasteiger partial charge in [0.05, 0.1) is 5.03 Å². The second kappa shape index (κ2) is 9.78. The highest BCUT2D eigenvalue weighted by Crippen LogP contribution is 2.25. The van der Waals surface area contributed by atoms with Crippen LogP contribution in [0.3, 0.4) is 0 Å². The second-order valence-corrected chi connectivity index (χ2v) is 5.08. The molecule has 0 aliphatic carbocycles. The molecule has 0 atom stereocenters. The molecule has 0 aromatic rings. The van der Waals surface area contributed by atoms with Crippen LogP contribution in [0.15, 0.2) is 27.7 Å². The number of thioether (sulfide) groups is 1.